The highest BCUT2D eigenvalue weighted by atomic mass is 16.5. The zero-order chi connectivity index (χ0) is 21.9. The second-order valence-electron chi connectivity index (χ2n) is 12.3. The van der Waals surface area contributed by atoms with E-state index in [4.69, 9.17) is 10.5 Å². The minimum atomic E-state index is -0.129. The highest BCUT2D eigenvalue weighted by Gasteiger charge is 2.67. The lowest BCUT2D eigenvalue weighted by Gasteiger charge is -2.68. The number of rotatable bonds is 4. The lowest BCUT2D eigenvalue weighted by Crippen LogP contribution is -2.65. The van der Waals surface area contributed by atoms with Crippen LogP contribution in [0.15, 0.2) is 0 Å². The van der Waals surface area contributed by atoms with Gasteiger partial charge in [-0.25, -0.2) is 0 Å². The van der Waals surface area contributed by atoms with Crippen molar-refractivity contribution in [1.82, 2.24) is 0 Å². The number of aliphatic hydroxyl groups excluding tert-OH is 1. The predicted molar refractivity (Wildman–Crippen MR) is 120 cm³/mol. The van der Waals surface area contributed by atoms with E-state index in [1.54, 1.807) is 0 Å². The third-order valence-electron chi connectivity index (χ3n) is 11.3. The van der Waals surface area contributed by atoms with E-state index in [9.17, 15) is 9.90 Å². The van der Waals surface area contributed by atoms with Gasteiger partial charge in [-0.3, -0.25) is 4.79 Å². The second kappa shape index (κ2) is 7.76. The van der Waals surface area contributed by atoms with Gasteiger partial charge in [0, 0.05) is 12.5 Å². The molecule has 0 bridgehead atoms. The fourth-order valence-electron chi connectivity index (χ4n) is 9.37. The normalized spacial score (nSPS) is 51.4. The Labute approximate surface area is 183 Å². The molecule has 0 radical (unpaired) electrons. The molecule has 0 aromatic heterocycles. The Kier molecular flexibility index (Phi) is 5.84. The fourth-order valence-corrected chi connectivity index (χ4v) is 9.37. The number of nitrogens with two attached hydrogens (primary N) is 1. The standard InChI is InChI=1S/C26H45NO3/c1-16(6-9-22(29)30-5)19-7-8-20-23-21(27)15-17-14-18(28)10-11-25(17,3)26(23,4)13-12-24(19,20)2/h16-21,23,28H,6-15,27H2,1-5H3/t16-,17+,18-,19-,20+,21-,23-,24-,25+,26+/m1/s1. The molecule has 0 spiro atoms. The molecular weight excluding hydrogens is 374 g/mol. The third-order valence-corrected chi connectivity index (χ3v) is 11.3. The van der Waals surface area contributed by atoms with Crippen LogP contribution in [0.1, 0.15) is 91.9 Å². The van der Waals surface area contributed by atoms with Crippen LogP contribution in [0.4, 0.5) is 0 Å². The molecule has 0 heterocycles. The maximum Gasteiger partial charge on any atom is 0.305 e. The number of ether oxygens (including phenoxy) is 1. The number of methoxy groups -OCH3 is 1. The Morgan fingerprint density at radius 1 is 1.10 bits per heavy atom. The van der Waals surface area contributed by atoms with Gasteiger partial charge in [0.25, 0.3) is 0 Å². The molecule has 4 nitrogen and oxygen atoms in total. The first kappa shape index (κ1) is 22.6. The van der Waals surface area contributed by atoms with Crippen molar-refractivity contribution in [2.24, 2.45) is 51.6 Å². The van der Waals surface area contributed by atoms with Crippen LogP contribution in [0.25, 0.3) is 0 Å². The number of carbonyl (C=O) groups is 1. The molecular formula is C26H45NO3. The van der Waals surface area contributed by atoms with Gasteiger partial charge < -0.3 is 15.6 Å². The first-order valence-corrected chi connectivity index (χ1v) is 12.6. The molecule has 10 atom stereocenters. The highest BCUT2D eigenvalue weighted by molar-refractivity contribution is 5.69. The Hall–Kier alpha value is -0.610. The summed E-state index contributed by atoms with van der Waals surface area (Å²) >= 11 is 0. The smallest absolute Gasteiger partial charge is 0.305 e. The number of carbonyl (C=O) groups excluding carboxylic acids is 1. The van der Waals surface area contributed by atoms with Crippen LogP contribution in [0.3, 0.4) is 0 Å². The van der Waals surface area contributed by atoms with Gasteiger partial charge >= 0.3 is 5.97 Å². The lowest BCUT2D eigenvalue weighted by atomic mass is 9.37. The Morgan fingerprint density at radius 3 is 2.53 bits per heavy atom. The minimum Gasteiger partial charge on any atom is -0.469 e. The maximum atomic E-state index is 11.7. The van der Waals surface area contributed by atoms with Crippen molar-refractivity contribution in [2.45, 2.75) is 104 Å². The van der Waals surface area contributed by atoms with Crippen LogP contribution in [-0.2, 0) is 9.53 Å². The average Bonchev–Trinajstić information content (AvgIpc) is 3.05. The zero-order valence-electron chi connectivity index (χ0n) is 20.0. The van der Waals surface area contributed by atoms with Gasteiger partial charge in [-0.2, -0.15) is 0 Å². The summed E-state index contributed by atoms with van der Waals surface area (Å²) in [4.78, 5) is 11.7. The van der Waals surface area contributed by atoms with Gasteiger partial charge in [0.15, 0.2) is 0 Å². The van der Waals surface area contributed by atoms with Crippen molar-refractivity contribution in [3.8, 4) is 0 Å². The quantitative estimate of drug-likeness (QED) is 0.634. The molecule has 172 valence electrons. The summed E-state index contributed by atoms with van der Waals surface area (Å²) in [6.07, 6.45) is 10.6. The van der Waals surface area contributed by atoms with E-state index in [-0.39, 0.29) is 23.5 Å². The van der Waals surface area contributed by atoms with E-state index in [0.29, 0.717) is 46.8 Å². The van der Waals surface area contributed by atoms with Crippen LogP contribution >= 0.6 is 0 Å². The van der Waals surface area contributed by atoms with Crippen LogP contribution in [0, 0.1) is 45.8 Å². The number of hydrogen-bond donors (Lipinski definition) is 2. The molecule has 3 N–H and O–H groups in total. The van der Waals surface area contributed by atoms with Gasteiger partial charge in [0.05, 0.1) is 13.2 Å². The van der Waals surface area contributed by atoms with Crippen molar-refractivity contribution >= 4 is 5.97 Å². The average molecular weight is 420 g/mol. The molecule has 0 unspecified atom stereocenters. The summed E-state index contributed by atoms with van der Waals surface area (Å²) in [6, 6.07) is 0.257. The van der Waals surface area contributed by atoms with Crippen molar-refractivity contribution in [2.75, 3.05) is 7.11 Å². The summed E-state index contributed by atoms with van der Waals surface area (Å²) in [6.45, 7) is 10.0. The molecule has 30 heavy (non-hydrogen) atoms. The number of esters is 1. The molecule has 4 fully saturated rings. The largest absolute Gasteiger partial charge is 0.469 e. The molecule has 4 saturated carbocycles. The monoisotopic (exact) mass is 419 g/mol. The maximum absolute atomic E-state index is 11.7. The molecule has 0 saturated heterocycles. The molecule has 0 aromatic carbocycles. The van der Waals surface area contributed by atoms with E-state index in [2.05, 4.69) is 27.7 Å². The van der Waals surface area contributed by atoms with Crippen LogP contribution in [0.2, 0.25) is 0 Å². The fraction of sp³-hybridized carbons (Fsp3) is 0.962. The van der Waals surface area contributed by atoms with Gasteiger partial charge in [-0.1, -0.05) is 27.7 Å². The van der Waals surface area contributed by atoms with E-state index >= 15 is 0 Å². The van der Waals surface area contributed by atoms with Gasteiger partial charge in [-0.05, 0) is 104 Å². The summed E-state index contributed by atoms with van der Waals surface area (Å²) in [5.41, 5.74) is 7.93. The number of fused-ring (bicyclic) bond motifs is 5. The number of aliphatic hydroxyl groups is 1. The van der Waals surface area contributed by atoms with E-state index in [1.807, 2.05) is 0 Å². The lowest BCUT2D eigenvalue weighted by molar-refractivity contribution is -0.193. The Morgan fingerprint density at radius 2 is 1.83 bits per heavy atom. The topological polar surface area (TPSA) is 72.5 Å². The van der Waals surface area contributed by atoms with Crippen molar-refractivity contribution in [3.05, 3.63) is 0 Å². The van der Waals surface area contributed by atoms with Crippen molar-refractivity contribution < 1.29 is 14.6 Å². The van der Waals surface area contributed by atoms with E-state index in [0.717, 1.165) is 32.1 Å². The van der Waals surface area contributed by atoms with Crippen LogP contribution in [0.5, 0.6) is 0 Å². The van der Waals surface area contributed by atoms with Gasteiger partial charge in [0.2, 0.25) is 0 Å². The molecule has 4 aliphatic rings. The molecule has 0 aliphatic heterocycles. The summed E-state index contributed by atoms with van der Waals surface area (Å²) < 4.78 is 4.89. The third kappa shape index (κ3) is 3.18. The SMILES string of the molecule is COC(=O)CC[C@@H](C)[C@H]1CC[C@H]2[C@@H]3[C@H](N)C[C@@H]4C[C@H](O)CC[C@]4(C)[C@@]3(C)CC[C@]12C. The van der Waals surface area contributed by atoms with Crippen molar-refractivity contribution in [3.63, 3.8) is 0 Å². The molecule has 0 amide bonds. The van der Waals surface area contributed by atoms with E-state index in [1.165, 1.54) is 32.8 Å². The molecule has 4 heteroatoms. The molecule has 0 aromatic rings. The Balaban J connectivity index is 1.58. The van der Waals surface area contributed by atoms with Crippen molar-refractivity contribution in [1.29, 1.82) is 0 Å². The second-order valence-corrected chi connectivity index (χ2v) is 12.3. The zero-order valence-corrected chi connectivity index (χ0v) is 20.0. The first-order chi connectivity index (χ1) is 14.1. The molecule has 4 rings (SSSR count). The van der Waals surface area contributed by atoms with Gasteiger partial charge in [0.1, 0.15) is 0 Å². The minimum absolute atomic E-state index is 0.0782. The first-order valence-electron chi connectivity index (χ1n) is 12.6. The molecule has 4 aliphatic carbocycles. The van der Waals surface area contributed by atoms with Crippen LogP contribution < -0.4 is 5.73 Å². The van der Waals surface area contributed by atoms with E-state index < -0.39 is 0 Å². The highest BCUT2D eigenvalue weighted by Crippen LogP contribution is 2.72. The van der Waals surface area contributed by atoms with Gasteiger partial charge in [-0.15, -0.1) is 0 Å². The summed E-state index contributed by atoms with van der Waals surface area (Å²) in [7, 11) is 1.49. The van der Waals surface area contributed by atoms with Crippen LogP contribution in [-0.4, -0.2) is 30.3 Å². The summed E-state index contributed by atoms with van der Waals surface area (Å²) in [5.74, 6) is 3.01. The number of hydrogen-bond acceptors (Lipinski definition) is 4. The summed E-state index contributed by atoms with van der Waals surface area (Å²) in [5, 5.41) is 10.3. The Bertz CT molecular complexity index is 667. The predicted octanol–water partition coefficient (Wildman–Crippen LogP) is 4.92.